The summed E-state index contributed by atoms with van der Waals surface area (Å²) in [5.41, 5.74) is 0. The quantitative estimate of drug-likeness (QED) is 0.875. The minimum Gasteiger partial charge on any atom is -0.391 e. The monoisotopic (exact) mass is 291 g/mol. The molecule has 1 saturated heterocycles. The van der Waals surface area contributed by atoms with Crippen molar-refractivity contribution in [3.63, 3.8) is 0 Å². The van der Waals surface area contributed by atoms with Crippen LogP contribution in [0.4, 0.5) is 0 Å². The van der Waals surface area contributed by atoms with Crippen molar-refractivity contribution in [3.8, 4) is 0 Å². The van der Waals surface area contributed by atoms with Gasteiger partial charge in [-0.15, -0.1) is 11.3 Å². The molecule has 0 aromatic carbocycles. The molecule has 1 aliphatic rings. The molecule has 18 heavy (non-hydrogen) atoms. The highest BCUT2D eigenvalue weighted by Gasteiger charge is 2.33. The van der Waals surface area contributed by atoms with E-state index in [1.165, 1.54) is 4.31 Å². The van der Waals surface area contributed by atoms with Crippen LogP contribution in [0.1, 0.15) is 11.3 Å². The number of thiophene rings is 1. The van der Waals surface area contributed by atoms with E-state index in [-0.39, 0.29) is 12.5 Å². The highest BCUT2D eigenvalue weighted by molar-refractivity contribution is 7.91. The summed E-state index contributed by atoms with van der Waals surface area (Å²) in [6, 6.07) is 3.22. The minimum atomic E-state index is -3.39. The van der Waals surface area contributed by atoms with E-state index < -0.39 is 10.0 Å². The highest BCUT2D eigenvalue weighted by Crippen LogP contribution is 2.29. The van der Waals surface area contributed by atoms with E-state index >= 15 is 0 Å². The molecule has 2 heterocycles. The van der Waals surface area contributed by atoms with Gasteiger partial charge in [0.1, 0.15) is 4.21 Å². The molecule has 1 atom stereocenters. The van der Waals surface area contributed by atoms with Crippen LogP contribution in [-0.4, -0.2) is 44.6 Å². The third kappa shape index (κ3) is 2.75. The summed E-state index contributed by atoms with van der Waals surface area (Å²) in [4.78, 5) is 0.668. The Morgan fingerprint density at radius 3 is 2.94 bits per heavy atom. The zero-order valence-electron chi connectivity index (χ0n) is 10.2. The van der Waals surface area contributed by atoms with E-state index in [1.807, 2.05) is 0 Å². The van der Waals surface area contributed by atoms with E-state index in [0.717, 1.165) is 17.8 Å². The summed E-state index contributed by atoms with van der Waals surface area (Å²) in [7, 11) is -1.77. The summed E-state index contributed by atoms with van der Waals surface area (Å²) in [5.74, 6) is 0.280. The second-order valence-electron chi connectivity index (χ2n) is 4.35. The van der Waals surface area contributed by atoms with Crippen LogP contribution in [0.15, 0.2) is 16.3 Å². The lowest BCUT2D eigenvalue weighted by molar-refractivity contribution is 0.157. The van der Waals surface area contributed by atoms with Gasteiger partial charge in [0.25, 0.3) is 10.0 Å². The van der Waals surface area contributed by atoms with Crippen LogP contribution < -0.4 is 0 Å². The summed E-state index contributed by atoms with van der Waals surface area (Å²) in [6.07, 6.45) is 0.839. The topological polar surface area (TPSA) is 66.8 Å². The normalized spacial score (nSPS) is 21.6. The number of methoxy groups -OCH3 is 1. The van der Waals surface area contributed by atoms with Gasteiger partial charge in [-0.2, -0.15) is 4.31 Å². The molecule has 0 aliphatic carbocycles. The molecule has 0 saturated carbocycles. The lowest BCUT2D eigenvalue weighted by atomic mass is 10.1. The number of aliphatic hydroxyl groups excluding tert-OH is 1. The summed E-state index contributed by atoms with van der Waals surface area (Å²) >= 11 is 1.13. The molecule has 7 heteroatoms. The van der Waals surface area contributed by atoms with Gasteiger partial charge in [-0.3, -0.25) is 0 Å². The first-order chi connectivity index (χ1) is 8.57. The number of nitrogens with zero attached hydrogens (tertiary/aromatic N) is 1. The molecular weight excluding hydrogens is 274 g/mol. The van der Waals surface area contributed by atoms with Gasteiger partial charge in [-0.1, -0.05) is 0 Å². The van der Waals surface area contributed by atoms with Gasteiger partial charge in [0.05, 0.1) is 13.2 Å². The van der Waals surface area contributed by atoms with Crippen molar-refractivity contribution >= 4 is 21.4 Å². The number of ether oxygens (including phenoxy) is 1. The maximum absolute atomic E-state index is 12.3. The van der Waals surface area contributed by atoms with Crippen LogP contribution in [-0.2, 0) is 21.4 Å². The van der Waals surface area contributed by atoms with Crippen LogP contribution in [0.5, 0.6) is 0 Å². The van der Waals surface area contributed by atoms with Gasteiger partial charge in [-0.25, -0.2) is 8.42 Å². The largest absolute Gasteiger partial charge is 0.391 e. The Hall–Kier alpha value is -0.470. The standard InChI is InChI=1S/C11H17NO4S2/c1-16-8-9-4-5-12(6-9)18(14,15)11-3-2-10(7-13)17-11/h2-3,9,13H,4-8H2,1H3. The van der Waals surface area contributed by atoms with Crippen LogP contribution in [0, 0.1) is 5.92 Å². The molecule has 1 aromatic rings. The van der Waals surface area contributed by atoms with Gasteiger partial charge < -0.3 is 9.84 Å². The van der Waals surface area contributed by atoms with E-state index in [0.29, 0.717) is 28.8 Å². The fraction of sp³-hybridized carbons (Fsp3) is 0.636. The second-order valence-corrected chi connectivity index (χ2v) is 7.69. The minimum absolute atomic E-state index is 0.119. The smallest absolute Gasteiger partial charge is 0.252 e. The zero-order chi connectivity index (χ0) is 13.2. The molecule has 0 amide bonds. The first kappa shape index (κ1) is 14.0. The Morgan fingerprint density at radius 1 is 1.56 bits per heavy atom. The second kappa shape index (κ2) is 5.66. The lowest BCUT2D eigenvalue weighted by Crippen LogP contribution is -2.28. The van der Waals surface area contributed by atoms with Crippen LogP contribution >= 0.6 is 11.3 Å². The van der Waals surface area contributed by atoms with Gasteiger partial charge in [0.15, 0.2) is 0 Å². The highest BCUT2D eigenvalue weighted by atomic mass is 32.2. The average Bonchev–Trinajstić information content (AvgIpc) is 2.98. The van der Waals surface area contributed by atoms with Gasteiger partial charge >= 0.3 is 0 Å². The van der Waals surface area contributed by atoms with Crippen LogP contribution in [0.3, 0.4) is 0 Å². The third-order valence-electron chi connectivity index (χ3n) is 3.04. The van der Waals surface area contributed by atoms with E-state index in [4.69, 9.17) is 9.84 Å². The predicted octanol–water partition coefficient (Wildman–Crippen LogP) is 0.897. The van der Waals surface area contributed by atoms with Crippen LogP contribution in [0.25, 0.3) is 0 Å². The van der Waals surface area contributed by atoms with Crippen LogP contribution in [0.2, 0.25) is 0 Å². The molecule has 0 spiro atoms. The molecule has 1 unspecified atom stereocenters. The third-order valence-corrected chi connectivity index (χ3v) is 6.44. The van der Waals surface area contributed by atoms with Crippen molar-refractivity contribution < 1.29 is 18.3 Å². The van der Waals surface area contributed by atoms with Crippen molar-refractivity contribution in [3.05, 3.63) is 17.0 Å². The molecular formula is C11H17NO4S2. The van der Waals surface area contributed by atoms with Gasteiger partial charge in [0.2, 0.25) is 0 Å². The first-order valence-electron chi connectivity index (χ1n) is 5.76. The first-order valence-corrected chi connectivity index (χ1v) is 8.02. The number of hydrogen-bond acceptors (Lipinski definition) is 5. The summed E-state index contributed by atoms with van der Waals surface area (Å²) in [6.45, 7) is 1.54. The number of sulfonamides is 1. The molecule has 0 radical (unpaired) electrons. The maximum atomic E-state index is 12.3. The van der Waals surface area contributed by atoms with E-state index in [2.05, 4.69) is 0 Å². The molecule has 1 aliphatic heterocycles. The van der Waals surface area contributed by atoms with Crippen molar-refractivity contribution in [2.75, 3.05) is 26.8 Å². The Labute approximate surface area is 111 Å². The molecule has 1 fully saturated rings. The zero-order valence-corrected chi connectivity index (χ0v) is 11.8. The predicted molar refractivity (Wildman–Crippen MR) is 69.0 cm³/mol. The van der Waals surface area contributed by atoms with E-state index in [9.17, 15) is 8.42 Å². The van der Waals surface area contributed by atoms with Gasteiger partial charge in [-0.05, 0) is 24.5 Å². The fourth-order valence-corrected chi connectivity index (χ4v) is 5.00. The SMILES string of the molecule is COCC1CCN(S(=O)(=O)c2ccc(CO)s2)C1. The molecule has 2 rings (SSSR count). The molecule has 102 valence electrons. The van der Waals surface area contributed by atoms with Crippen molar-refractivity contribution in [2.45, 2.75) is 17.2 Å². The van der Waals surface area contributed by atoms with Crippen molar-refractivity contribution in [1.82, 2.24) is 4.31 Å². The summed E-state index contributed by atoms with van der Waals surface area (Å²) in [5, 5.41) is 8.98. The average molecular weight is 291 g/mol. The molecule has 1 aromatic heterocycles. The number of hydrogen-bond donors (Lipinski definition) is 1. The molecule has 0 bridgehead atoms. The Balaban J connectivity index is 2.12. The van der Waals surface area contributed by atoms with Crippen molar-refractivity contribution in [2.24, 2.45) is 5.92 Å². The fourth-order valence-electron chi connectivity index (χ4n) is 2.10. The Morgan fingerprint density at radius 2 is 2.33 bits per heavy atom. The van der Waals surface area contributed by atoms with E-state index in [1.54, 1.807) is 19.2 Å². The maximum Gasteiger partial charge on any atom is 0.252 e. The number of rotatable bonds is 5. The van der Waals surface area contributed by atoms with Gasteiger partial charge in [0, 0.05) is 25.1 Å². The molecule has 5 nitrogen and oxygen atoms in total. The van der Waals surface area contributed by atoms with Crippen molar-refractivity contribution in [1.29, 1.82) is 0 Å². The molecule has 1 N–H and O–H groups in total. The summed E-state index contributed by atoms with van der Waals surface area (Å²) < 4.78 is 31.5. The Bertz CT molecular complexity index is 497. The lowest BCUT2D eigenvalue weighted by Gasteiger charge is -2.15. The Kier molecular flexibility index (Phi) is 4.39. The number of aliphatic hydroxyl groups is 1.